The quantitative estimate of drug-likeness (QED) is 0.933. The molecule has 1 saturated carbocycles. The zero-order chi connectivity index (χ0) is 11.8. The van der Waals surface area contributed by atoms with Gasteiger partial charge >= 0.3 is 0 Å². The highest BCUT2D eigenvalue weighted by Gasteiger charge is 2.26. The molecule has 0 spiro atoms. The number of rotatable bonds is 3. The van der Waals surface area contributed by atoms with Crippen molar-refractivity contribution in [3.63, 3.8) is 0 Å². The van der Waals surface area contributed by atoms with Crippen molar-refractivity contribution in [2.75, 3.05) is 13.2 Å². The number of halogens is 1. The topological polar surface area (TPSA) is 44.5 Å². The van der Waals surface area contributed by atoms with Gasteiger partial charge in [0.15, 0.2) is 11.5 Å². The zero-order valence-corrected chi connectivity index (χ0v) is 11.2. The van der Waals surface area contributed by atoms with Crippen molar-refractivity contribution >= 4 is 15.9 Å². The van der Waals surface area contributed by atoms with E-state index in [1.54, 1.807) is 0 Å². The molecule has 0 amide bonds. The summed E-state index contributed by atoms with van der Waals surface area (Å²) in [6.45, 7) is 1.23. The lowest BCUT2D eigenvalue weighted by Gasteiger charge is -2.22. The van der Waals surface area contributed by atoms with Crippen LogP contribution in [-0.4, -0.2) is 13.2 Å². The molecule has 0 bridgehead atoms. The second-order valence-electron chi connectivity index (χ2n) is 4.80. The first-order valence-corrected chi connectivity index (χ1v) is 6.88. The summed E-state index contributed by atoms with van der Waals surface area (Å²) in [6.07, 6.45) is 3.73. The molecular weight excluding hydrogens is 282 g/mol. The van der Waals surface area contributed by atoms with Crippen LogP contribution in [0.1, 0.15) is 30.9 Å². The van der Waals surface area contributed by atoms with Gasteiger partial charge < -0.3 is 15.2 Å². The maximum atomic E-state index is 6.24. The summed E-state index contributed by atoms with van der Waals surface area (Å²) in [7, 11) is 0. The van der Waals surface area contributed by atoms with E-state index in [0.717, 1.165) is 33.9 Å². The summed E-state index contributed by atoms with van der Waals surface area (Å²) in [6, 6.07) is 4.08. The fraction of sp³-hybridized carbons (Fsp3) is 0.538. The Balaban J connectivity index is 1.87. The molecule has 1 atom stereocenters. The maximum absolute atomic E-state index is 6.24. The van der Waals surface area contributed by atoms with Crippen molar-refractivity contribution in [3.05, 3.63) is 22.2 Å². The van der Waals surface area contributed by atoms with Gasteiger partial charge in [0.25, 0.3) is 0 Å². The average molecular weight is 298 g/mol. The van der Waals surface area contributed by atoms with Crippen LogP contribution < -0.4 is 15.2 Å². The largest absolute Gasteiger partial charge is 0.486 e. The number of ether oxygens (including phenoxy) is 2. The molecule has 1 aromatic rings. The number of hydrogen-bond acceptors (Lipinski definition) is 3. The summed E-state index contributed by atoms with van der Waals surface area (Å²) in [5, 5.41) is 0. The Bertz CT molecular complexity index is 432. The van der Waals surface area contributed by atoms with Crippen LogP contribution in [0.15, 0.2) is 16.6 Å². The lowest BCUT2D eigenvalue weighted by atomic mass is 10.0. The third-order valence-corrected chi connectivity index (χ3v) is 4.03. The van der Waals surface area contributed by atoms with E-state index in [0.29, 0.717) is 13.2 Å². The lowest BCUT2D eigenvalue weighted by molar-refractivity contribution is 0.171. The van der Waals surface area contributed by atoms with E-state index in [2.05, 4.69) is 15.9 Å². The van der Waals surface area contributed by atoms with E-state index >= 15 is 0 Å². The molecule has 1 fully saturated rings. The van der Waals surface area contributed by atoms with Gasteiger partial charge in [0.2, 0.25) is 0 Å². The van der Waals surface area contributed by atoms with Crippen LogP contribution in [0.25, 0.3) is 0 Å². The monoisotopic (exact) mass is 297 g/mol. The average Bonchev–Trinajstić information content (AvgIpc) is 3.12. The third-order valence-electron chi connectivity index (χ3n) is 3.35. The number of fused-ring (bicyclic) bond motifs is 1. The lowest BCUT2D eigenvalue weighted by Crippen LogP contribution is -2.17. The van der Waals surface area contributed by atoms with Crippen LogP contribution in [-0.2, 0) is 0 Å². The molecule has 0 radical (unpaired) electrons. The highest BCUT2D eigenvalue weighted by Crippen LogP contribution is 2.41. The van der Waals surface area contributed by atoms with Crippen LogP contribution in [0, 0.1) is 5.92 Å². The smallest absolute Gasteiger partial charge is 0.162 e. The molecule has 2 aliphatic rings. The van der Waals surface area contributed by atoms with Gasteiger partial charge in [-0.05, 0) is 30.0 Å². The Hall–Kier alpha value is -0.740. The zero-order valence-electron chi connectivity index (χ0n) is 9.62. The molecule has 1 aromatic carbocycles. The molecule has 3 nitrogen and oxygen atoms in total. The van der Waals surface area contributed by atoms with Gasteiger partial charge in [0.1, 0.15) is 13.2 Å². The maximum Gasteiger partial charge on any atom is 0.162 e. The van der Waals surface area contributed by atoms with Gasteiger partial charge in [-0.2, -0.15) is 0 Å². The normalized spacial score (nSPS) is 20.1. The minimum absolute atomic E-state index is 0.0905. The van der Waals surface area contributed by atoms with Crippen molar-refractivity contribution in [1.29, 1.82) is 0 Å². The van der Waals surface area contributed by atoms with E-state index in [-0.39, 0.29) is 6.04 Å². The first kappa shape index (κ1) is 11.4. The second-order valence-corrected chi connectivity index (χ2v) is 5.66. The predicted octanol–water partition coefficient (Wildman–Crippen LogP) is 3.02. The fourth-order valence-electron chi connectivity index (χ4n) is 2.20. The van der Waals surface area contributed by atoms with Gasteiger partial charge in [-0.15, -0.1) is 0 Å². The van der Waals surface area contributed by atoms with Gasteiger partial charge in [0.05, 0.1) is 0 Å². The van der Waals surface area contributed by atoms with Crippen molar-refractivity contribution in [2.24, 2.45) is 11.7 Å². The highest BCUT2D eigenvalue weighted by atomic mass is 79.9. The van der Waals surface area contributed by atoms with E-state index in [4.69, 9.17) is 15.2 Å². The molecule has 0 saturated heterocycles. The molecule has 2 N–H and O–H groups in total. The van der Waals surface area contributed by atoms with E-state index in [9.17, 15) is 0 Å². The van der Waals surface area contributed by atoms with Crippen LogP contribution >= 0.6 is 15.9 Å². The fourth-order valence-corrected chi connectivity index (χ4v) is 2.82. The van der Waals surface area contributed by atoms with Crippen molar-refractivity contribution in [1.82, 2.24) is 0 Å². The minimum Gasteiger partial charge on any atom is -0.486 e. The van der Waals surface area contributed by atoms with Crippen LogP contribution in [0.2, 0.25) is 0 Å². The van der Waals surface area contributed by atoms with E-state index in [1.807, 2.05) is 12.1 Å². The standard InChI is InChI=1S/C13H16BrNO2/c14-10-7-13-12(16-3-4-17-13)6-9(10)11(15)5-8-1-2-8/h6-8,11H,1-5,15H2. The summed E-state index contributed by atoms with van der Waals surface area (Å²) in [5.41, 5.74) is 7.37. The van der Waals surface area contributed by atoms with E-state index in [1.165, 1.54) is 12.8 Å². The molecular formula is C13H16BrNO2. The SMILES string of the molecule is NC(CC1CC1)c1cc2c(cc1Br)OCCO2. The van der Waals surface area contributed by atoms with E-state index < -0.39 is 0 Å². The first-order chi connectivity index (χ1) is 8.24. The number of hydrogen-bond donors (Lipinski definition) is 1. The Labute approximate surface area is 109 Å². The second kappa shape index (κ2) is 4.50. The Morgan fingerprint density at radius 1 is 1.24 bits per heavy atom. The molecule has 1 aliphatic carbocycles. The highest BCUT2D eigenvalue weighted by molar-refractivity contribution is 9.10. The van der Waals surface area contributed by atoms with Gasteiger partial charge in [-0.25, -0.2) is 0 Å². The van der Waals surface area contributed by atoms with Crippen molar-refractivity contribution in [3.8, 4) is 11.5 Å². The minimum atomic E-state index is 0.0905. The molecule has 17 heavy (non-hydrogen) atoms. The molecule has 1 heterocycles. The Morgan fingerprint density at radius 3 is 2.53 bits per heavy atom. The van der Waals surface area contributed by atoms with Crippen LogP contribution in [0.5, 0.6) is 11.5 Å². The third kappa shape index (κ3) is 2.43. The molecule has 3 rings (SSSR count). The Kier molecular flexibility index (Phi) is 3.01. The number of benzene rings is 1. The Morgan fingerprint density at radius 2 is 1.88 bits per heavy atom. The van der Waals surface area contributed by atoms with Crippen molar-refractivity contribution in [2.45, 2.75) is 25.3 Å². The van der Waals surface area contributed by atoms with Crippen LogP contribution in [0.3, 0.4) is 0 Å². The summed E-state index contributed by atoms with van der Waals surface area (Å²) in [5.74, 6) is 2.45. The van der Waals surface area contributed by atoms with Crippen molar-refractivity contribution < 1.29 is 9.47 Å². The molecule has 1 unspecified atom stereocenters. The molecule has 4 heteroatoms. The summed E-state index contributed by atoms with van der Waals surface area (Å²) >= 11 is 3.57. The molecule has 92 valence electrons. The summed E-state index contributed by atoms with van der Waals surface area (Å²) in [4.78, 5) is 0. The van der Waals surface area contributed by atoms with Crippen LogP contribution in [0.4, 0.5) is 0 Å². The number of nitrogens with two attached hydrogens (primary N) is 1. The molecule has 1 aliphatic heterocycles. The van der Waals surface area contributed by atoms with Gasteiger partial charge in [0, 0.05) is 10.5 Å². The summed E-state index contributed by atoms with van der Waals surface area (Å²) < 4.78 is 12.1. The van der Waals surface area contributed by atoms with Gasteiger partial charge in [-0.3, -0.25) is 0 Å². The van der Waals surface area contributed by atoms with Gasteiger partial charge in [-0.1, -0.05) is 28.8 Å². The first-order valence-electron chi connectivity index (χ1n) is 6.08. The molecule has 0 aromatic heterocycles. The predicted molar refractivity (Wildman–Crippen MR) is 69.4 cm³/mol.